The van der Waals surface area contributed by atoms with Gasteiger partial charge in [-0.1, -0.05) is 6.07 Å². The summed E-state index contributed by atoms with van der Waals surface area (Å²) < 4.78 is 34.6. The molecule has 6 heteroatoms. The van der Waals surface area contributed by atoms with Crippen molar-refractivity contribution >= 4 is 0 Å². The number of rotatable bonds is 0. The van der Waals surface area contributed by atoms with Crippen molar-refractivity contribution in [3.8, 4) is 0 Å². The summed E-state index contributed by atoms with van der Waals surface area (Å²) in [5.41, 5.74) is -0.942. The van der Waals surface area contributed by atoms with Crippen molar-refractivity contribution in [3.05, 3.63) is 18.0 Å². The first-order valence-corrected chi connectivity index (χ1v) is 2.12. The molecule has 0 aliphatic rings. The molecule has 0 saturated carbocycles. The van der Waals surface area contributed by atoms with Gasteiger partial charge in [0.25, 0.3) is 0 Å². The monoisotopic (exact) mass is 193 g/mol. The van der Waals surface area contributed by atoms with Gasteiger partial charge in [-0.2, -0.15) is 19.4 Å². The molecule has 0 unspecified atom stereocenters. The van der Waals surface area contributed by atoms with Crippen LogP contribution in [0.4, 0.5) is 13.2 Å². The summed E-state index contributed by atoms with van der Waals surface area (Å²) in [6, 6.07) is 0.819. The summed E-state index contributed by atoms with van der Waals surface area (Å²) in [7, 11) is 0. The predicted octanol–water partition coefficient (Wildman–Crippen LogP) is 1.06. The molecule has 1 heterocycles. The van der Waals surface area contributed by atoms with Gasteiger partial charge in [-0.3, -0.25) is 0 Å². The van der Waals surface area contributed by atoms with E-state index in [0.717, 1.165) is 12.3 Å². The number of aromatic nitrogens is 2. The van der Waals surface area contributed by atoms with E-state index in [9.17, 15) is 13.2 Å². The molecule has 0 aromatic carbocycles. The van der Waals surface area contributed by atoms with Crippen molar-refractivity contribution in [3.63, 3.8) is 0 Å². The van der Waals surface area contributed by atoms with E-state index in [2.05, 4.69) is 10.2 Å². The van der Waals surface area contributed by atoms with Gasteiger partial charge in [0.2, 0.25) is 0 Å². The van der Waals surface area contributed by atoms with E-state index >= 15 is 0 Å². The molecule has 0 spiro atoms. The number of hydrogen-bond acceptors (Lipinski definition) is 1. The Morgan fingerprint density at radius 3 is 2.20 bits per heavy atom. The van der Waals surface area contributed by atoms with Gasteiger partial charge in [0.05, 0.1) is 0 Å². The zero-order valence-electron chi connectivity index (χ0n) is 4.50. The van der Waals surface area contributed by atoms with Gasteiger partial charge in [-0.05, 0) is 0 Å². The Balaban J connectivity index is 0.000000810. The van der Waals surface area contributed by atoms with E-state index in [4.69, 9.17) is 0 Å². The van der Waals surface area contributed by atoms with Crippen molar-refractivity contribution in [1.82, 2.24) is 10.2 Å². The second-order valence-electron chi connectivity index (χ2n) is 1.41. The van der Waals surface area contributed by atoms with E-state index in [0.29, 0.717) is 0 Å². The standard InChI is InChI=1S/C4H2F3N2.Ni/c5-4(6,7)3-1-2-8-9-3;/h1-2H;/q-1;. The number of halogens is 3. The first-order chi connectivity index (χ1) is 4.11. The normalized spacial score (nSPS) is 10.7. The summed E-state index contributed by atoms with van der Waals surface area (Å²) >= 11 is 0. The molecule has 1 rings (SSSR count). The Morgan fingerprint density at radius 1 is 1.40 bits per heavy atom. The molecule has 1 aromatic heterocycles. The fourth-order valence-electron chi connectivity index (χ4n) is 0.384. The van der Waals surface area contributed by atoms with Gasteiger partial charge >= 0.3 is 6.18 Å². The van der Waals surface area contributed by atoms with Crippen molar-refractivity contribution in [1.29, 1.82) is 0 Å². The number of alkyl halides is 3. The topological polar surface area (TPSA) is 27.0 Å². The van der Waals surface area contributed by atoms with E-state index in [1.54, 1.807) is 0 Å². The third-order valence-corrected chi connectivity index (χ3v) is 0.755. The Morgan fingerprint density at radius 2 is 2.00 bits per heavy atom. The molecule has 0 aliphatic heterocycles. The van der Waals surface area contributed by atoms with Crippen molar-refractivity contribution < 1.29 is 29.7 Å². The Kier molecular flexibility index (Phi) is 2.90. The smallest absolute Gasteiger partial charge is 0.431 e. The second kappa shape index (κ2) is 3.06. The van der Waals surface area contributed by atoms with Gasteiger partial charge in [-0.15, -0.1) is 0 Å². The third kappa shape index (κ3) is 2.02. The van der Waals surface area contributed by atoms with Gasteiger partial charge in [0.15, 0.2) is 0 Å². The largest absolute Gasteiger partial charge is 0.581 e. The van der Waals surface area contributed by atoms with E-state index < -0.39 is 11.9 Å². The molecular weight excluding hydrogens is 192 g/mol. The van der Waals surface area contributed by atoms with Gasteiger partial charge in [-0.25, -0.2) is 0 Å². The van der Waals surface area contributed by atoms with Crippen LogP contribution in [-0.4, -0.2) is 5.10 Å². The van der Waals surface area contributed by atoms with Crippen LogP contribution in [0, 0.1) is 0 Å². The molecule has 1 aromatic rings. The minimum atomic E-state index is -4.35. The second-order valence-corrected chi connectivity index (χ2v) is 1.41. The average Bonchev–Trinajstić information content (AvgIpc) is 2.08. The van der Waals surface area contributed by atoms with Crippen LogP contribution >= 0.6 is 0 Å². The summed E-state index contributed by atoms with van der Waals surface area (Å²) in [5.74, 6) is 0. The summed E-state index contributed by atoms with van der Waals surface area (Å²) in [6.45, 7) is 0. The predicted molar refractivity (Wildman–Crippen MR) is 22.6 cm³/mol. The third-order valence-electron chi connectivity index (χ3n) is 0.755. The molecule has 0 fully saturated rings. The quantitative estimate of drug-likeness (QED) is 0.577. The first kappa shape index (κ1) is 9.49. The first-order valence-electron chi connectivity index (χ1n) is 2.12. The molecule has 10 heavy (non-hydrogen) atoms. The summed E-state index contributed by atoms with van der Waals surface area (Å²) in [5, 5.41) is 5.83. The fourth-order valence-corrected chi connectivity index (χ4v) is 0.384. The van der Waals surface area contributed by atoms with Crippen LogP contribution in [0.15, 0.2) is 12.3 Å². The van der Waals surface area contributed by atoms with Crippen LogP contribution in [0.1, 0.15) is 5.69 Å². The molecule has 60 valence electrons. The maximum absolute atomic E-state index is 11.5. The van der Waals surface area contributed by atoms with Gasteiger partial charge < -0.3 is 10.2 Å². The Bertz CT molecular complexity index is 181. The Labute approximate surface area is 64.7 Å². The minimum absolute atomic E-state index is 0. The van der Waals surface area contributed by atoms with Crippen LogP contribution < -0.4 is 5.10 Å². The zero-order valence-corrected chi connectivity index (χ0v) is 5.49. The van der Waals surface area contributed by atoms with E-state index in [-0.39, 0.29) is 16.5 Å². The molecule has 0 amide bonds. The molecule has 2 nitrogen and oxygen atoms in total. The molecule has 0 atom stereocenters. The number of hydrogen-bond donors (Lipinski definition) is 0. The maximum Gasteiger partial charge on any atom is 0.431 e. The molecule has 0 N–H and O–H groups in total. The SMILES string of the molecule is FC(F)(F)c1cc[n-]n1.[Ni]. The van der Waals surface area contributed by atoms with E-state index in [1.807, 2.05) is 0 Å². The van der Waals surface area contributed by atoms with E-state index in [1.165, 1.54) is 0 Å². The van der Waals surface area contributed by atoms with Crippen molar-refractivity contribution in [2.75, 3.05) is 0 Å². The summed E-state index contributed by atoms with van der Waals surface area (Å²) in [4.78, 5) is 0. The Hall–Kier alpha value is -0.506. The number of nitrogens with zero attached hydrogens (tertiary/aromatic N) is 2. The van der Waals surface area contributed by atoms with Crippen LogP contribution in [0.2, 0.25) is 0 Å². The zero-order chi connectivity index (χ0) is 6.91. The van der Waals surface area contributed by atoms with Crippen LogP contribution in [0.5, 0.6) is 0 Å². The average molecular weight is 194 g/mol. The van der Waals surface area contributed by atoms with Crippen LogP contribution in [-0.2, 0) is 22.7 Å². The maximum atomic E-state index is 11.5. The molecule has 0 radical (unpaired) electrons. The van der Waals surface area contributed by atoms with Gasteiger partial charge in [0.1, 0.15) is 5.69 Å². The minimum Gasteiger partial charge on any atom is -0.581 e. The van der Waals surface area contributed by atoms with Crippen molar-refractivity contribution in [2.24, 2.45) is 0 Å². The van der Waals surface area contributed by atoms with Crippen LogP contribution in [0.25, 0.3) is 0 Å². The summed E-state index contributed by atoms with van der Waals surface area (Å²) in [6.07, 6.45) is -3.35. The van der Waals surface area contributed by atoms with Crippen LogP contribution in [0.3, 0.4) is 0 Å². The molecule has 0 aliphatic carbocycles. The molecule has 0 bridgehead atoms. The fraction of sp³-hybridized carbons (Fsp3) is 0.250. The van der Waals surface area contributed by atoms with Gasteiger partial charge in [0, 0.05) is 16.5 Å². The molecular formula is C4H2F3N2Ni-. The van der Waals surface area contributed by atoms with Crippen molar-refractivity contribution in [2.45, 2.75) is 6.18 Å². The molecule has 0 saturated heterocycles.